The highest BCUT2D eigenvalue weighted by Gasteiger charge is 2.14. The average Bonchev–Trinajstić information content (AvgIpc) is 3.48. The Hall–Kier alpha value is -3.17. The molecule has 0 aliphatic heterocycles. The normalized spacial score (nSPS) is 10.8. The number of carbonyl (C=O) groups is 1. The molecule has 0 radical (unpaired) electrons. The highest BCUT2D eigenvalue weighted by Crippen LogP contribution is 2.28. The third-order valence-corrected chi connectivity index (χ3v) is 6.31. The summed E-state index contributed by atoms with van der Waals surface area (Å²) in [5.41, 5.74) is 3.73. The van der Waals surface area contributed by atoms with Crippen LogP contribution in [0, 0.1) is 6.92 Å². The summed E-state index contributed by atoms with van der Waals surface area (Å²) in [7, 11) is 3.51. The van der Waals surface area contributed by atoms with Crippen molar-refractivity contribution in [3.8, 4) is 22.8 Å². The Balaban J connectivity index is 1.36. The largest absolute Gasteiger partial charge is 0.497 e. The van der Waals surface area contributed by atoms with E-state index in [2.05, 4.69) is 15.4 Å². The van der Waals surface area contributed by atoms with Gasteiger partial charge < -0.3 is 9.47 Å². The predicted molar refractivity (Wildman–Crippen MR) is 119 cm³/mol. The van der Waals surface area contributed by atoms with Crippen molar-refractivity contribution in [1.82, 2.24) is 14.8 Å². The van der Waals surface area contributed by atoms with E-state index in [4.69, 9.17) is 9.47 Å². The molecule has 4 rings (SSSR count). The second-order valence-electron chi connectivity index (χ2n) is 6.54. The Bertz CT molecular complexity index is 1160. The molecule has 0 fully saturated rings. The fourth-order valence-corrected chi connectivity index (χ4v) is 4.27. The van der Waals surface area contributed by atoms with Gasteiger partial charge in [0.1, 0.15) is 18.1 Å². The molecule has 3 heterocycles. The van der Waals surface area contributed by atoms with Gasteiger partial charge in [0.15, 0.2) is 5.13 Å². The Morgan fingerprint density at radius 1 is 1.17 bits per heavy atom. The first-order valence-electron chi connectivity index (χ1n) is 9.13. The number of carbonyl (C=O) groups excluding carboxylic acids is 1. The summed E-state index contributed by atoms with van der Waals surface area (Å²) in [6.07, 6.45) is 1.78. The van der Waals surface area contributed by atoms with E-state index in [1.165, 1.54) is 22.7 Å². The van der Waals surface area contributed by atoms with Crippen LogP contribution in [0.15, 0.2) is 47.3 Å². The SMILES string of the molecule is COc1ccc(OCc2csc(C(=O)Nc3nc(-c4cnn(C)c4C)cs3)c2)cc1. The van der Waals surface area contributed by atoms with Gasteiger partial charge in [-0.25, -0.2) is 4.98 Å². The van der Waals surface area contributed by atoms with E-state index in [-0.39, 0.29) is 5.91 Å². The molecule has 0 saturated heterocycles. The van der Waals surface area contributed by atoms with Crippen LogP contribution in [0.25, 0.3) is 11.3 Å². The van der Waals surface area contributed by atoms with Crippen LogP contribution in [-0.2, 0) is 13.7 Å². The van der Waals surface area contributed by atoms with Crippen molar-refractivity contribution in [2.24, 2.45) is 7.05 Å². The van der Waals surface area contributed by atoms with Crippen LogP contribution in [0.1, 0.15) is 20.9 Å². The summed E-state index contributed by atoms with van der Waals surface area (Å²) in [6.45, 7) is 2.37. The van der Waals surface area contributed by atoms with Crippen LogP contribution < -0.4 is 14.8 Å². The quantitative estimate of drug-likeness (QED) is 0.449. The van der Waals surface area contributed by atoms with Crippen LogP contribution >= 0.6 is 22.7 Å². The topological polar surface area (TPSA) is 78.3 Å². The van der Waals surface area contributed by atoms with Crippen molar-refractivity contribution < 1.29 is 14.3 Å². The fraction of sp³-hybridized carbons (Fsp3) is 0.190. The third-order valence-electron chi connectivity index (χ3n) is 4.58. The molecule has 0 aliphatic rings. The molecular formula is C21H20N4O3S2. The minimum Gasteiger partial charge on any atom is -0.497 e. The number of benzene rings is 1. The van der Waals surface area contributed by atoms with Crippen molar-refractivity contribution in [2.75, 3.05) is 12.4 Å². The number of rotatable bonds is 7. The number of nitrogens with one attached hydrogen (secondary N) is 1. The molecule has 0 bridgehead atoms. The van der Waals surface area contributed by atoms with Gasteiger partial charge in [0.25, 0.3) is 5.91 Å². The van der Waals surface area contributed by atoms with Crippen molar-refractivity contribution in [1.29, 1.82) is 0 Å². The first-order valence-corrected chi connectivity index (χ1v) is 10.9. The summed E-state index contributed by atoms with van der Waals surface area (Å²) in [6, 6.07) is 9.23. The molecular weight excluding hydrogens is 420 g/mol. The van der Waals surface area contributed by atoms with E-state index in [0.29, 0.717) is 16.6 Å². The van der Waals surface area contributed by atoms with Gasteiger partial charge in [0, 0.05) is 29.2 Å². The first-order chi connectivity index (χ1) is 14.5. The van der Waals surface area contributed by atoms with Crippen LogP contribution in [-0.4, -0.2) is 27.8 Å². The number of ether oxygens (including phenoxy) is 2. The summed E-state index contributed by atoms with van der Waals surface area (Å²) in [5, 5.41) is 11.5. The molecule has 0 aliphatic carbocycles. The van der Waals surface area contributed by atoms with Crippen molar-refractivity contribution in [3.63, 3.8) is 0 Å². The number of anilines is 1. The number of thiazole rings is 1. The predicted octanol–water partition coefficient (Wildman–Crippen LogP) is 4.75. The molecule has 9 heteroatoms. The summed E-state index contributed by atoms with van der Waals surface area (Å²) < 4.78 is 12.7. The van der Waals surface area contributed by atoms with Gasteiger partial charge in [-0.2, -0.15) is 5.10 Å². The van der Waals surface area contributed by atoms with E-state index in [1.807, 2.05) is 55.1 Å². The number of aromatic nitrogens is 3. The molecule has 0 atom stereocenters. The highest BCUT2D eigenvalue weighted by molar-refractivity contribution is 7.14. The zero-order chi connectivity index (χ0) is 21.1. The zero-order valence-corrected chi connectivity index (χ0v) is 18.3. The van der Waals surface area contributed by atoms with Gasteiger partial charge in [-0.05, 0) is 42.6 Å². The molecule has 1 amide bonds. The first kappa shape index (κ1) is 20.1. The number of hydrogen-bond donors (Lipinski definition) is 1. The van der Waals surface area contributed by atoms with E-state index in [0.717, 1.165) is 34.0 Å². The van der Waals surface area contributed by atoms with Gasteiger partial charge in [-0.1, -0.05) is 0 Å². The molecule has 0 spiro atoms. The van der Waals surface area contributed by atoms with Crippen molar-refractivity contribution in [3.05, 3.63) is 63.4 Å². The average molecular weight is 441 g/mol. The Kier molecular flexibility index (Phi) is 5.82. The second kappa shape index (κ2) is 8.68. The van der Waals surface area contributed by atoms with Crippen molar-refractivity contribution in [2.45, 2.75) is 13.5 Å². The molecule has 1 N–H and O–H groups in total. The summed E-state index contributed by atoms with van der Waals surface area (Å²) in [5.74, 6) is 1.34. The third kappa shape index (κ3) is 4.37. The lowest BCUT2D eigenvalue weighted by Crippen LogP contribution is -2.09. The number of aryl methyl sites for hydroxylation is 1. The summed E-state index contributed by atoms with van der Waals surface area (Å²) in [4.78, 5) is 17.7. The molecule has 1 aromatic carbocycles. The van der Waals surface area contributed by atoms with E-state index >= 15 is 0 Å². The van der Waals surface area contributed by atoms with Crippen LogP contribution in [0.2, 0.25) is 0 Å². The van der Waals surface area contributed by atoms with Gasteiger partial charge >= 0.3 is 0 Å². The molecule has 7 nitrogen and oxygen atoms in total. The molecule has 30 heavy (non-hydrogen) atoms. The highest BCUT2D eigenvalue weighted by atomic mass is 32.1. The Morgan fingerprint density at radius 2 is 1.93 bits per heavy atom. The minimum atomic E-state index is -0.181. The molecule has 3 aromatic heterocycles. The molecule has 154 valence electrons. The lowest BCUT2D eigenvalue weighted by atomic mass is 10.2. The number of nitrogens with zero attached hydrogens (tertiary/aromatic N) is 3. The Labute approximate surface area is 181 Å². The molecule has 0 unspecified atom stereocenters. The molecule has 4 aromatic rings. The van der Waals surface area contributed by atoms with Gasteiger partial charge in [-0.3, -0.25) is 14.8 Å². The minimum absolute atomic E-state index is 0.181. The fourth-order valence-electron chi connectivity index (χ4n) is 2.77. The van der Waals surface area contributed by atoms with Gasteiger partial charge in [0.05, 0.1) is 23.9 Å². The standard InChI is InChI=1S/C21H20N4O3S2/c1-13-17(9-22-25(13)2)18-12-30-21(23-18)24-20(26)19-8-14(11-29-19)10-28-16-6-4-15(27-3)5-7-16/h4-9,11-12H,10H2,1-3H3,(H,23,24,26). The molecule has 0 saturated carbocycles. The smallest absolute Gasteiger partial charge is 0.267 e. The lowest BCUT2D eigenvalue weighted by molar-refractivity contribution is 0.103. The van der Waals surface area contributed by atoms with Crippen LogP contribution in [0.5, 0.6) is 11.5 Å². The van der Waals surface area contributed by atoms with Crippen molar-refractivity contribution >= 4 is 33.7 Å². The maximum Gasteiger partial charge on any atom is 0.267 e. The van der Waals surface area contributed by atoms with Crippen LogP contribution in [0.3, 0.4) is 0 Å². The number of thiophene rings is 1. The zero-order valence-electron chi connectivity index (χ0n) is 16.7. The maximum absolute atomic E-state index is 12.6. The number of amides is 1. The lowest BCUT2D eigenvalue weighted by Gasteiger charge is -2.05. The van der Waals surface area contributed by atoms with Gasteiger partial charge in [0.2, 0.25) is 0 Å². The van der Waals surface area contributed by atoms with E-state index in [9.17, 15) is 4.79 Å². The van der Waals surface area contributed by atoms with Crippen LogP contribution in [0.4, 0.5) is 5.13 Å². The van der Waals surface area contributed by atoms with E-state index < -0.39 is 0 Å². The number of methoxy groups -OCH3 is 1. The Morgan fingerprint density at radius 3 is 2.63 bits per heavy atom. The second-order valence-corrected chi connectivity index (χ2v) is 8.31. The maximum atomic E-state index is 12.6. The monoisotopic (exact) mass is 440 g/mol. The van der Waals surface area contributed by atoms with Gasteiger partial charge in [-0.15, -0.1) is 22.7 Å². The summed E-state index contributed by atoms with van der Waals surface area (Å²) >= 11 is 2.77. The van der Waals surface area contributed by atoms with E-state index in [1.54, 1.807) is 18.0 Å². The number of hydrogen-bond acceptors (Lipinski definition) is 7.